The summed E-state index contributed by atoms with van der Waals surface area (Å²) in [7, 11) is 0. The van der Waals surface area contributed by atoms with Crippen LogP contribution in [-0.4, -0.2) is 23.9 Å². The SMILES string of the molecule is CC(C(=O)N1CCCCC1)c1ccsc1. The third-order valence-electron chi connectivity index (χ3n) is 3.08. The minimum Gasteiger partial charge on any atom is -0.342 e. The molecule has 1 unspecified atom stereocenters. The third-order valence-corrected chi connectivity index (χ3v) is 3.78. The maximum absolute atomic E-state index is 12.1. The maximum Gasteiger partial charge on any atom is 0.229 e. The first-order valence-electron chi connectivity index (χ1n) is 5.60. The molecule has 0 radical (unpaired) electrons. The Bertz CT molecular complexity index is 314. The van der Waals surface area contributed by atoms with Gasteiger partial charge in [-0.1, -0.05) is 0 Å². The van der Waals surface area contributed by atoms with Crippen LogP contribution in [0.4, 0.5) is 0 Å². The summed E-state index contributed by atoms with van der Waals surface area (Å²) in [5.41, 5.74) is 1.16. The lowest BCUT2D eigenvalue weighted by atomic mass is 10.0. The average molecular weight is 223 g/mol. The number of nitrogens with zero attached hydrogens (tertiary/aromatic N) is 1. The normalized spacial score (nSPS) is 18.9. The zero-order valence-electron chi connectivity index (χ0n) is 9.11. The van der Waals surface area contributed by atoms with E-state index in [0.29, 0.717) is 5.91 Å². The lowest BCUT2D eigenvalue weighted by Gasteiger charge is -2.29. The second kappa shape index (κ2) is 4.79. The number of likely N-dealkylation sites (tertiary alicyclic amines) is 1. The van der Waals surface area contributed by atoms with Gasteiger partial charge in [-0.25, -0.2) is 0 Å². The van der Waals surface area contributed by atoms with Gasteiger partial charge >= 0.3 is 0 Å². The van der Waals surface area contributed by atoms with Gasteiger partial charge in [0, 0.05) is 13.1 Å². The lowest BCUT2D eigenvalue weighted by molar-refractivity contribution is -0.133. The smallest absolute Gasteiger partial charge is 0.229 e. The van der Waals surface area contributed by atoms with E-state index in [0.717, 1.165) is 18.7 Å². The molecule has 2 heterocycles. The van der Waals surface area contributed by atoms with Gasteiger partial charge in [0.25, 0.3) is 0 Å². The van der Waals surface area contributed by atoms with E-state index in [2.05, 4.69) is 11.4 Å². The molecule has 0 spiro atoms. The van der Waals surface area contributed by atoms with Gasteiger partial charge in [-0.2, -0.15) is 11.3 Å². The Hall–Kier alpha value is -0.830. The number of amides is 1. The molecule has 1 aliphatic rings. The van der Waals surface area contributed by atoms with Crippen LogP contribution in [0.15, 0.2) is 16.8 Å². The van der Waals surface area contributed by atoms with Gasteiger partial charge in [-0.05, 0) is 48.6 Å². The largest absolute Gasteiger partial charge is 0.342 e. The molecule has 1 amide bonds. The van der Waals surface area contributed by atoms with Crippen LogP contribution in [0.1, 0.15) is 37.7 Å². The standard InChI is InChI=1S/C12H17NOS/c1-10(11-5-8-15-9-11)12(14)13-6-3-2-4-7-13/h5,8-10H,2-4,6-7H2,1H3. The van der Waals surface area contributed by atoms with Crippen LogP contribution < -0.4 is 0 Å². The summed E-state index contributed by atoms with van der Waals surface area (Å²) < 4.78 is 0. The van der Waals surface area contributed by atoms with Crippen molar-refractivity contribution in [3.05, 3.63) is 22.4 Å². The molecule has 82 valence electrons. The Morgan fingerprint density at radius 2 is 2.13 bits per heavy atom. The summed E-state index contributed by atoms with van der Waals surface area (Å²) in [5.74, 6) is 0.336. The molecule has 15 heavy (non-hydrogen) atoms. The van der Waals surface area contributed by atoms with E-state index in [-0.39, 0.29) is 5.92 Å². The van der Waals surface area contributed by atoms with Crippen molar-refractivity contribution in [1.29, 1.82) is 0 Å². The van der Waals surface area contributed by atoms with Gasteiger partial charge in [0.2, 0.25) is 5.91 Å². The van der Waals surface area contributed by atoms with Gasteiger partial charge in [-0.15, -0.1) is 0 Å². The fourth-order valence-corrected chi connectivity index (χ4v) is 2.81. The van der Waals surface area contributed by atoms with Crippen molar-refractivity contribution < 1.29 is 4.79 Å². The second-order valence-electron chi connectivity index (χ2n) is 4.16. The van der Waals surface area contributed by atoms with E-state index >= 15 is 0 Å². The van der Waals surface area contributed by atoms with E-state index in [4.69, 9.17) is 0 Å². The predicted octanol–water partition coefficient (Wildman–Crippen LogP) is 2.86. The highest BCUT2D eigenvalue weighted by Crippen LogP contribution is 2.22. The summed E-state index contributed by atoms with van der Waals surface area (Å²) in [4.78, 5) is 14.1. The second-order valence-corrected chi connectivity index (χ2v) is 4.94. The molecule has 0 bridgehead atoms. The molecule has 1 saturated heterocycles. The Labute approximate surface area is 94.9 Å². The molecule has 1 fully saturated rings. The molecule has 1 aromatic heterocycles. The van der Waals surface area contributed by atoms with E-state index in [1.807, 2.05) is 17.2 Å². The lowest BCUT2D eigenvalue weighted by Crippen LogP contribution is -2.38. The molecular formula is C12H17NOS. The molecule has 3 heteroatoms. The van der Waals surface area contributed by atoms with Crippen LogP contribution in [0.5, 0.6) is 0 Å². The Kier molecular flexibility index (Phi) is 3.41. The number of hydrogen-bond acceptors (Lipinski definition) is 2. The van der Waals surface area contributed by atoms with Crippen LogP contribution >= 0.6 is 11.3 Å². The molecule has 1 atom stereocenters. The molecule has 1 aromatic rings. The number of carbonyl (C=O) groups excluding carboxylic acids is 1. The Balaban J connectivity index is 2.00. The zero-order valence-corrected chi connectivity index (χ0v) is 9.93. The summed E-state index contributed by atoms with van der Waals surface area (Å²) in [6, 6.07) is 2.05. The number of rotatable bonds is 2. The van der Waals surface area contributed by atoms with Gasteiger partial charge in [-0.3, -0.25) is 4.79 Å². The first-order valence-corrected chi connectivity index (χ1v) is 6.54. The van der Waals surface area contributed by atoms with Crippen LogP contribution in [0.25, 0.3) is 0 Å². The van der Waals surface area contributed by atoms with E-state index < -0.39 is 0 Å². The minimum absolute atomic E-state index is 0.0364. The van der Waals surface area contributed by atoms with Crippen molar-refractivity contribution in [3.8, 4) is 0 Å². The van der Waals surface area contributed by atoms with Gasteiger partial charge < -0.3 is 4.90 Å². The number of hydrogen-bond donors (Lipinski definition) is 0. The monoisotopic (exact) mass is 223 g/mol. The summed E-state index contributed by atoms with van der Waals surface area (Å²) >= 11 is 1.66. The first kappa shape index (κ1) is 10.7. The minimum atomic E-state index is 0.0364. The quantitative estimate of drug-likeness (QED) is 0.755. The highest BCUT2D eigenvalue weighted by molar-refractivity contribution is 7.08. The highest BCUT2D eigenvalue weighted by atomic mass is 32.1. The summed E-state index contributed by atoms with van der Waals surface area (Å²) in [6.45, 7) is 3.92. The van der Waals surface area contributed by atoms with Crippen molar-refractivity contribution in [2.75, 3.05) is 13.1 Å². The molecule has 0 aromatic carbocycles. The van der Waals surface area contributed by atoms with Crippen LogP contribution in [0.3, 0.4) is 0 Å². The van der Waals surface area contributed by atoms with E-state index in [1.165, 1.54) is 19.3 Å². The maximum atomic E-state index is 12.1. The predicted molar refractivity (Wildman–Crippen MR) is 63.2 cm³/mol. The Morgan fingerprint density at radius 1 is 1.40 bits per heavy atom. The van der Waals surface area contributed by atoms with Gasteiger partial charge in [0.1, 0.15) is 0 Å². The molecular weight excluding hydrogens is 206 g/mol. The number of carbonyl (C=O) groups is 1. The van der Waals surface area contributed by atoms with E-state index in [1.54, 1.807) is 11.3 Å². The van der Waals surface area contributed by atoms with Crippen LogP contribution in [0.2, 0.25) is 0 Å². The molecule has 0 aliphatic carbocycles. The fraction of sp³-hybridized carbons (Fsp3) is 0.583. The molecule has 0 saturated carbocycles. The number of piperidine rings is 1. The topological polar surface area (TPSA) is 20.3 Å². The summed E-state index contributed by atoms with van der Waals surface area (Å²) in [5, 5.41) is 4.11. The van der Waals surface area contributed by atoms with Crippen molar-refractivity contribution >= 4 is 17.2 Å². The van der Waals surface area contributed by atoms with Gasteiger partial charge in [0.05, 0.1) is 5.92 Å². The third kappa shape index (κ3) is 2.40. The fourth-order valence-electron chi connectivity index (χ4n) is 2.05. The molecule has 2 nitrogen and oxygen atoms in total. The molecule has 0 N–H and O–H groups in total. The van der Waals surface area contributed by atoms with Crippen molar-refractivity contribution in [2.24, 2.45) is 0 Å². The Morgan fingerprint density at radius 3 is 2.73 bits per heavy atom. The molecule has 2 rings (SSSR count). The van der Waals surface area contributed by atoms with Crippen LogP contribution in [-0.2, 0) is 4.79 Å². The highest BCUT2D eigenvalue weighted by Gasteiger charge is 2.23. The average Bonchev–Trinajstić information content (AvgIpc) is 2.82. The summed E-state index contributed by atoms with van der Waals surface area (Å²) in [6.07, 6.45) is 3.61. The zero-order chi connectivity index (χ0) is 10.7. The van der Waals surface area contributed by atoms with Crippen molar-refractivity contribution in [1.82, 2.24) is 4.90 Å². The van der Waals surface area contributed by atoms with E-state index in [9.17, 15) is 4.79 Å². The number of thiophene rings is 1. The van der Waals surface area contributed by atoms with Crippen LogP contribution in [0, 0.1) is 0 Å². The van der Waals surface area contributed by atoms with Gasteiger partial charge in [0.15, 0.2) is 0 Å². The molecule has 1 aliphatic heterocycles. The first-order chi connectivity index (χ1) is 7.29. The van der Waals surface area contributed by atoms with Crippen molar-refractivity contribution in [2.45, 2.75) is 32.1 Å². The van der Waals surface area contributed by atoms with Crippen molar-refractivity contribution in [3.63, 3.8) is 0 Å².